The van der Waals surface area contributed by atoms with Gasteiger partial charge in [0.1, 0.15) is 5.82 Å². The highest BCUT2D eigenvalue weighted by molar-refractivity contribution is 7.92. The first-order chi connectivity index (χ1) is 14.3. The summed E-state index contributed by atoms with van der Waals surface area (Å²) >= 11 is 0. The van der Waals surface area contributed by atoms with Crippen LogP contribution in [0.3, 0.4) is 0 Å². The van der Waals surface area contributed by atoms with E-state index in [-0.39, 0.29) is 4.90 Å². The third-order valence-electron chi connectivity index (χ3n) is 4.65. The number of likely N-dealkylation sites (N-methyl/N-ethyl adjacent to an activating group) is 1. The smallest absolute Gasteiger partial charge is 0.265 e. The summed E-state index contributed by atoms with van der Waals surface area (Å²) in [6.07, 6.45) is 0. The van der Waals surface area contributed by atoms with Crippen molar-refractivity contribution in [2.45, 2.75) is 11.8 Å². The first kappa shape index (κ1) is 21.5. The molecule has 3 aromatic rings. The maximum atomic E-state index is 13.4. The molecule has 0 bridgehead atoms. The standard InChI is InChI=1S/C23H24N4O2S/c1-18-6-5-7-23(25-18)27(17-16-26(3)4)30(28,29)22-14-10-20(11-15-22)19-8-12-21(24-2)13-9-19/h5-15H,16-17H2,1,3-4H3. The van der Waals surface area contributed by atoms with E-state index in [1.807, 2.05) is 50.2 Å². The maximum absolute atomic E-state index is 13.4. The maximum Gasteiger partial charge on any atom is 0.265 e. The lowest BCUT2D eigenvalue weighted by Gasteiger charge is -2.25. The highest BCUT2D eigenvalue weighted by Crippen LogP contribution is 2.27. The molecule has 0 spiro atoms. The van der Waals surface area contributed by atoms with Crippen molar-refractivity contribution in [2.75, 3.05) is 31.5 Å². The number of anilines is 1. The third-order valence-corrected chi connectivity index (χ3v) is 6.47. The Kier molecular flexibility index (Phi) is 6.50. The van der Waals surface area contributed by atoms with Crippen LogP contribution in [0.5, 0.6) is 0 Å². The molecule has 7 heteroatoms. The molecular formula is C23H24N4O2S. The van der Waals surface area contributed by atoms with Crippen molar-refractivity contribution in [3.8, 4) is 11.1 Å². The van der Waals surface area contributed by atoms with Crippen LogP contribution in [0.25, 0.3) is 16.0 Å². The van der Waals surface area contributed by atoms with Gasteiger partial charge in [-0.3, -0.25) is 0 Å². The molecular weight excluding hydrogens is 396 g/mol. The Morgan fingerprint density at radius 3 is 2.03 bits per heavy atom. The molecule has 3 rings (SSSR count). The lowest BCUT2D eigenvalue weighted by molar-refractivity contribution is 0.419. The summed E-state index contributed by atoms with van der Waals surface area (Å²) in [7, 11) is 0.0388. The van der Waals surface area contributed by atoms with E-state index in [0.29, 0.717) is 24.6 Å². The second kappa shape index (κ2) is 9.08. The molecule has 0 saturated heterocycles. The average molecular weight is 421 g/mol. The molecule has 0 atom stereocenters. The van der Waals surface area contributed by atoms with Gasteiger partial charge in [-0.2, -0.15) is 0 Å². The number of sulfonamides is 1. The van der Waals surface area contributed by atoms with Crippen LogP contribution in [0, 0.1) is 13.5 Å². The molecule has 0 fully saturated rings. The lowest BCUT2D eigenvalue weighted by atomic mass is 10.1. The average Bonchev–Trinajstić information content (AvgIpc) is 2.74. The summed E-state index contributed by atoms with van der Waals surface area (Å²) in [6, 6.07) is 19.4. The zero-order chi connectivity index (χ0) is 21.7. The van der Waals surface area contributed by atoms with Crippen molar-refractivity contribution < 1.29 is 8.42 Å². The minimum absolute atomic E-state index is 0.214. The minimum Gasteiger partial charge on any atom is -0.308 e. The number of rotatable bonds is 7. The van der Waals surface area contributed by atoms with Gasteiger partial charge in [-0.15, -0.1) is 0 Å². The number of aryl methyl sites for hydroxylation is 1. The Morgan fingerprint density at radius 1 is 0.900 bits per heavy atom. The van der Waals surface area contributed by atoms with Gasteiger partial charge in [0.25, 0.3) is 10.0 Å². The van der Waals surface area contributed by atoms with Crippen LogP contribution in [0.4, 0.5) is 11.5 Å². The fourth-order valence-electron chi connectivity index (χ4n) is 2.99. The Balaban J connectivity index is 1.94. The largest absolute Gasteiger partial charge is 0.308 e. The summed E-state index contributed by atoms with van der Waals surface area (Å²) in [4.78, 5) is 9.97. The lowest BCUT2D eigenvalue weighted by Crippen LogP contribution is -2.37. The predicted octanol–water partition coefficient (Wildman–Crippen LogP) is 4.36. The Hall–Kier alpha value is -3.21. The Morgan fingerprint density at radius 2 is 1.50 bits per heavy atom. The first-order valence-electron chi connectivity index (χ1n) is 9.50. The zero-order valence-electron chi connectivity index (χ0n) is 17.3. The molecule has 0 N–H and O–H groups in total. The van der Waals surface area contributed by atoms with E-state index < -0.39 is 10.0 Å². The van der Waals surface area contributed by atoms with Gasteiger partial charge >= 0.3 is 0 Å². The van der Waals surface area contributed by atoms with Gasteiger partial charge in [0.2, 0.25) is 0 Å². The highest BCUT2D eigenvalue weighted by Gasteiger charge is 2.26. The van der Waals surface area contributed by atoms with Crippen LogP contribution in [0.1, 0.15) is 5.69 Å². The summed E-state index contributed by atoms with van der Waals surface area (Å²) in [5, 5.41) is 0. The van der Waals surface area contributed by atoms with Crippen molar-refractivity contribution in [3.63, 3.8) is 0 Å². The molecule has 154 valence electrons. The molecule has 2 aromatic carbocycles. The van der Waals surface area contributed by atoms with Crippen LogP contribution < -0.4 is 4.31 Å². The van der Waals surface area contributed by atoms with E-state index in [2.05, 4.69) is 9.83 Å². The van der Waals surface area contributed by atoms with Crippen molar-refractivity contribution in [1.82, 2.24) is 9.88 Å². The van der Waals surface area contributed by atoms with E-state index in [0.717, 1.165) is 16.8 Å². The molecule has 30 heavy (non-hydrogen) atoms. The van der Waals surface area contributed by atoms with Crippen molar-refractivity contribution in [1.29, 1.82) is 0 Å². The van der Waals surface area contributed by atoms with Crippen LogP contribution in [-0.4, -0.2) is 45.5 Å². The Labute approximate surface area is 178 Å². The number of hydrogen-bond acceptors (Lipinski definition) is 4. The van der Waals surface area contributed by atoms with E-state index in [1.165, 1.54) is 4.31 Å². The topological polar surface area (TPSA) is 57.9 Å². The minimum atomic E-state index is -3.77. The van der Waals surface area contributed by atoms with Gasteiger partial charge in [0.15, 0.2) is 5.69 Å². The number of aromatic nitrogens is 1. The summed E-state index contributed by atoms with van der Waals surface area (Å²) in [5.41, 5.74) is 3.14. The zero-order valence-corrected chi connectivity index (χ0v) is 18.1. The molecule has 0 aliphatic heterocycles. The molecule has 0 radical (unpaired) electrons. The van der Waals surface area contributed by atoms with E-state index in [4.69, 9.17) is 6.57 Å². The van der Waals surface area contributed by atoms with Crippen LogP contribution in [0.15, 0.2) is 71.6 Å². The summed E-state index contributed by atoms with van der Waals surface area (Å²) in [6.45, 7) is 9.75. The van der Waals surface area contributed by atoms with Gasteiger partial charge in [-0.05, 0) is 56.4 Å². The SMILES string of the molecule is [C-]#[N+]c1ccc(-c2ccc(S(=O)(=O)N(CCN(C)C)c3cccc(C)n3)cc2)cc1. The van der Waals surface area contributed by atoms with E-state index >= 15 is 0 Å². The molecule has 1 heterocycles. The molecule has 0 aliphatic rings. The summed E-state index contributed by atoms with van der Waals surface area (Å²) < 4.78 is 28.2. The quantitative estimate of drug-likeness (QED) is 0.533. The van der Waals surface area contributed by atoms with Crippen LogP contribution >= 0.6 is 0 Å². The number of hydrogen-bond donors (Lipinski definition) is 0. The van der Waals surface area contributed by atoms with E-state index in [9.17, 15) is 8.42 Å². The van der Waals surface area contributed by atoms with Gasteiger partial charge < -0.3 is 4.90 Å². The number of nitrogens with zero attached hydrogens (tertiary/aromatic N) is 4. The normalized spacial score (nSPS) is 11.3. The monoisotopic (exact) mass is 420 g/mol. The van der Waals surface area contributed by atoms with Crippen molar-refractivity contribution in [2.24, 2.45) is 0 Å². The van der Waals surface area contributed by atoms with Crippen molar-refractivity contribution >= 4 is 21.5 Å². The molecule has 0 saturated carbocycles. The fourth-order valence-corrected chi connectivity index (χ4v) is 4.40. The van der Waals surface area contributed by atoms with Gasteiger partial charge in [0, 0.05) is 18.8 Å². The number of benzene rings is 2. The third kappa shape index (κ3) is 4.85. The highest BCUT2D eigenvalue weighted by atomic mass is 32.2. The van der Waals surface area contributed by atoms with Crippen molar-refractivity contribution in [3.05, 3.63) is 83.8 Å². The van der Waals surface area contributed by atoms with E-state index in [1.54, 1.807) is 42.5 Å². The molecule has 0 amide bonds. The second-order valence-corrected chi connectivity index (χ2v) is 9.06. The predicted molar refractivity (Wildman–Crippen MR) is 120 cm³/mol. The second-order valence-electron chi connectivity index (χ2n) is 7.20. The molecule has 0 aliphatic carbocycles. The first-order valence-corrected chi connectivity index (χ1v) is 10.9. The number of pyridine rings is 1. The van der Waals surface area contributed by atoms with Crippen LogP contribution in [-0.2, 0) is 10.0 Å². The van der Waals surface area contributed by atoms with Gasteiger partial charge in [-0.1, -0.05) is 42.5 Å². The molecule has 0 unspecified atom stereocenters. The molecule has 1 aromatic heterocycles. The van der Waals surface area contributed by atoms with Gasteiger partial charge in [-0.25, -0.2) is 22.6 Å². The van der Waals surface area contributed by atoms with Gasteiger partial charge in [0.05, 0.1) is 11.5 Å². The summed E-state index contributed by atoms with van der Waals surface area (Å²) in [5.74, 6) is 0.413. The fraction of sp³-hybridized carbons (Fsp3) is 0.217. The van der Waals surface area contributed by atoms with Crippen LogP contribution in [0.2, 0.25) is 0 Å². The Bertz CT molecular complexity index is 1150. The molecule has 6 nitrogen and oxygen atoms in total.